The lowest BCUT2D eigenvalue weighted by molar-refractivity contribution is -0.138. The maximum atomic E-state index is 11.6. The summed E-state index contributed by atoms with van der Waals surface area (Å²) in [6.07, 6.45) is -0.481. The number of hydrogen-bond acceptors (Lipinski definition) is 14. The van der Waals surface area contributed by atoms with Gasteiger partial charge in [0, 0.05) is 6.54 Å². The number of rotatable bonds is 38. The molecule has 0 radical (unpaired) electrons. The van der Waals surface area contributed by atoms with E-state index in [1.54, 1.807) is 0 Å². The average molecular weight is 708 g/mol. The van der Waals surface area contributed by atoms with Crippen LogP contribution in [0.5, 0.6) is 0 Å². The van der Waals surface area contributed by atoms with Crippen LogP contribution in [-0.2, 0) is 68.2 Å². The minimum Gasteiger partial charge on any atom is -0.481 e. The van der Waals surface area contributed by atoms with Gasteiger partial charge in [0.15, 0.2) is 0 Å². The number of carboxylic acids is 1. The van der Waals surface area contributed by atoms with Crippen LogP contribution in [0.25, 0.3) is 0 Å². The molecule has 0 atom stereocenters. The zero-order chi connectivity index (χ0) is 35.1. The molecule has 2 N–H and O–H groups in total. The largest absolute Gasteiger partial charge is 0.481 e. The molecule has 284 valence electrons. The normalized spacial score (nSPS) is 11.2. The van der Waals surface area contributed by atoms with Gasteiger partial charge >= 0.3 is 12.1 Å². The average Bonchev–Trinajstić information content (AvgIpc) is 3.11. The van der Waals surface area contributed by atoms with Gasteiger partial charge in [-0.3, -0.25) is 4.79 Å². The van der Waals surface area contributed by atoms with Crippen molar-refractivity contribution in [3.8, 4) is 0 Å². The molecule has 0 saturated heterocycles. The van der Waals surface area contributed by atoms with Gasteiger partial charge in [-0.05, 0) is 5.56 Å². The zero-order valence-electron chi connectivity index (χ0n) is 28.7. The molecule has 1 rings (SSSR count). The van der Waals surface area contributed by atoms with Crippen LogP contribution in [0.15, 0.2) is 30.3 Å². The quantitative estimate of drug-likeness (QED) is 0.0947. The van der Waals surface area contributed by atoms with Crippen molar-refractivity contribution >= 4 is 12.1 Å². The number of carbonyl (C=O) groups is 2. The van der Waals surface area contributed by atoms with Gasteiger partial charge in [0.1, 0.15) is 6.61 Å². The van der Waals surface area contributed by atoms with Crippen molar-refractivity contribution in [2.24, 2.45) is 0 Å². The summed E-state index contributed by atoms with van der Waals surface area (Å²) in [5.74, 6) is -0.878. The van der Waals surface area contributed by atoms with Crippen molar-refractivity contribution in [3.05, 3.63) is 35.9 Å². The summed E-state index contributed by atoms with van der Waals surface area (Å²) in [5, 5.41) is 11.1. The molecule has 0 bridgehead atoms. The van der Waals surface area contributed by atoms with Gasteiger partial charge in [-0.15, -0.1) is 0 Å². The lowest BCUT2D eigenvalue weighted by Gasteiger charge is -2.09. The first-order valence-corrected chi connectivity index (χ1v) is 16.7. The van der Waals surface area contributed by atoms with E-state index >= 15 is 0 Å². The molecule has 0 aliphatic heterocycles. The Morgan fingerprint density at radius 2 is 0.755 bits per heavy atom. The highest BCUT2D eigenvalue weighted by Gasteiger charge is 2.02. The van der Waals surface area contributed by atoms with Crippen molar-refractivity contribution in [1.29, 1.82) is 0 Å². The van der Waals surface area contributed by atoms with Crippen LogP contribution in [0.2, 0.25) is 0 Å². The Balaban J connectivity index is 1.63. The van der Waals surface area contributed by atoms with Crippen molar-refractivity contribution in [3.63, 3.8) is 0 Å². The third kappa shape index (κ3) is 35.2. The van der Waals surface area contributed by atoms with Crippen LogP contribution in [0.1, 0.15) is 12.0 Å². The Kier molecular flexibility index (Phi) is 33.4. The lowest BCUT2D eigenvalue weighted by Crippen LogP contribution is -2.28. The molecule has 0 unspecified atom stereocenters. The maximum Gasteiger partial charge on any atom is 0.407 e. The fourth-order valence-corrected chi connectivity index (χ4v) is 3.46. The predicted molar refractivity (Wildman–Crippen MR) is 176 cm³/mol. The molecule has 1 aromatic rings. The smallest absolute Gasteiger partial charge is 0.407 e. The molecule has 0 heterocycles. The third-order valence-electron chi connectivity index (χ3n) is 5.91. The van der Waals surface area contributed by atoms with Crippen LogP contribution in [0.4, 0.5) is 4.79 Å². The second-order valence-corrected chi connectivity index (χ2v) is 9.87. The van der Waals surface area contributed by atoms with Gasteiger partial charge in [0.05, 0.1) is 152 Å². The minimum atomic E-state index is -0.878. The highest BCUT2D eigenvalue weighted by atomic mass is 16.6. The van der Waals surface area contributed by atoms with Crippen molar-refractivity contribution < 1.29 is 71.5 Å². The van der Waals surface area contributed by atoms with Gasteiger partial charge in [0.25, 0.3) is 0 Å². The Morgan fingerprint density at radius 3 is 1.08 bits per heavy atom. The van der Waals surface area contributed by atoms with Crippen LogP contribution in [0, 0.1) is 0 Å². The SMILES string of the molecule is O=C(O)CCOCCOCCOCCOCCOCCOCCOCCOCCOCCOCCOCCNC(=O)OCc1ccccc1. The lowest BCUT2D eigenvalue weighted by atomic mass is 10.2. The summed E-state index contributed by atoms with van der Waals surface area (Å²) in [6, 6.07) is 9.49. The topological polar surface area (TPSA) is 177 Å². The van der Waals surface area contributed by atoms with Gasteiger partial charge < -0.3 is 67.3 Å². The Labute approximate surface area is 289 Å². The summed E-state index contributed by atoms with van der Waals surface area (Å²) in [7, 11) is 0. The highest BCUT2D eigenvalue weighted by molar-refractivity contribution is 5.67. The summed E-state index contributed by atoms with van der Waals surface area (Å²) >= 11 is 0. The molecule has 16 heteroatoms. The number of amides is 1. The number of nitrogens with one attached hydrogen (secondary N) is 1. The van der Waals surface area contributed by atoms with E-state index in [4.69, 9.17) is 61.9 Å². The first-order chi connectivity index (χ1) is 24.2. The van der Waals surface area contributed by atoms with Gasteiger partial charge in [0.2, 0.25) is 0 Å². The summed E-state index contributed by atoms with van der Waals surface area (Å²) in [6.45, 7) is 10.3. The minimum absolute atomic E-state index is 0.00663. The first kappa shape index (κ1) is 44.5. The fourth-order valence-electron chi connectivity index (χ4n) is 3.46. The van der Waals surface area contributed by atoms with E-state index in [1.807, 2.05) is 30.3 Å². The number of alkyl carbamates (subject to hydrolysis) is 1. The van der Waals surface area contributed by atoms with E-state index in [0.29, 0.717) is 145 Å². The maximum absolute atomic E-state index is 11.6. The van der Waals surface area contributed by atoms with E-state index in [1.165, 1.54) is 0 Å². The molecule has 0 fully saturated rings. The number of ether oxygens (including phenoxy) is 12. The summed E-state index contributed by atoms with van der Waals surface area (Å²) in [5.41, 5.74) is 0.933. The van der Waals surface area contributed by atoms with E-state index in [0.717, 1.165) is 5.56 Å². The highest BCUT2D eigenvalue weighted by Crippen LogP contribution is 2.00. The Bertz CT molecular complexity index is 853. The molecule has 0 aliphatic rings. The van der Waals surface area contributed by atoms with Gasteiger partial charge in [-0.2, -0.15) is 0 Å². The van der Waals surface area contributed by atoms with Crippen LogP contribution >= 0.6 is 0 Å². The number of benzene rings is 1. The third-order valence-corrected chi connectivity index (χ3v) is 5.91. The first-order valence-electron chi connectivity index (χ1n) is 16.7. The van der Waals surface area contributed by atoms with Crippen molar-refractivity contribution in [1.82, 2.24) is 5.32 Å². The van der Waals surface area contributed by atoms with Crippen molar-refractivity contribution in [2.75, 3.05) is 152 Å². The van der Waals surface area contributed by atoms with Crippen LogP contribution in [0.3, 0.4) is 0 Å². The number of hydrogen-bond donors (Lipinski definition) is 2. The molecule has 0 spiro atoms. The van der Waals surface area contributed by atoms with Crippen molar-refractivity contribution in [2.45, 2.75) is 13.0 Å². The molecular weight excluding hydrogens is 650 g/mol. The molecule has 1 aromatic carbocycles. The molecule has 1 amide bonds. The summed E-state index contributed by atoms with van der Waals surface area (Å²) in [4.78, 5) is 22.0. The fraction of sp³-hybridized carbons (Fsp3) is 0.758. The summed E-state index contributed by atoms with van der Waals surface area (Å²) < 4.78 is 64.5. The molecule has 49 heavy (non-hydrogen) atoms. The Hall–Kier alpha value is -2.48. The number of carboxylic acid groups (broad SMARTS) is 1. The van der Waals surface area contributed by atoms with E-state index in [9.17, 15) is 9.59 Å². The molecular formula is C33H57NO15. The van der Waals surface area contributed by atoms with E-state index in [-0.39, 0.29) is 19.6 Å². The second kappa shape index (κ2) is 36.8. The number of carbonyl (C=O) groups excluding carboxylic acids is 1. The predicted octanol–water partition coefficient (Wildman–Crippen LogP) is 1.57. The van der Waals surface area contributed by atoms with E-state index < -0.39 is 12.1 Å². The molecule has 0 aliphatic carbocycles. The van der Waals surface area contributed by atoms with E-state index in [2.05, 4.69) is 5.32 Å². The van der Waals surface area contributed by atoms with Crippen LogP contribution < -0.4 is 5.32 Å². The van der Waals surface area contributed by atoms with Crippen LogP contribution in [-0.4, -0.2) is 169 Å². The van der Waals surface area contributed by atoms with Gasteiger partial charge in [-0.1, -0.05) is 30.3 Å². The monoisotopic (exact) mass is 707 g/mol. The molecule has 16 nitrogen and oxygen atoms in total. The molecule has 0 aromatic heterocycles. The second-order valence-electron chi connectivity index (χ2n) is 9.87. The standard InChI is InChI=1S/C33H57NO15/c35-32(36)6-8-38-10-12-40-14-16-42-18-20-44-22-24-46-26-28-48-29-27-47-25-23-45-21-19-43-17-15-41-13-11-39-9-7-34-33(37)49-30-31-4-2-1-3-5-31/h1-5H,6-30H2,(H,34,37)(H,35,36). The molecule has 0 saturated carbocycles. The zero-order valence-corrected chi connectivity index (χ0v) is 28.7. The Morgan fingerprint density at radius 1 is 0.449 bits per heavy atom. The van der Waals surface area contributed by atoms with Gasteiger partial charge in [-0.25, -0.2) is 4.79 Å². The number of aliphatic carboxylic acids is 1.